The first-order valence-corrected chi connectivity index (χ1v) is 7.49. The molecule has 20 heavy (non-hydrogen) atoms. The summed E-state index contributed by atoms with van der Waals surface area (Å²) in [6.07, 6.45) is 0.299. The molecule has 0 aromatic heterocycles. The lowest BCUT2D eigenvalue weighted by atomic mass is 9.84. The monoisotopic (exact) mass is 357 g/mol. The Balaban J connectivity index is 3.09. The van der Waals surface area contributed by atoms with Gasteiger partial charge in [-0.3, -0.25) is 4.79 Å². The van der Waals surface area contributed by atoms with E-state index in [2.05, 4.69) is 0 Å². The van der Waals surface area contributed by atoms with E-state index >= 15 is 0 Å². The van der Waals surface area contributed by atoms with Crippen molar-refractivity contribution >= 4 is 52.4 Å². The Morgan fingerprint density at radius 2 is 1.65 bits per heavy atom. The predicted molar refractivity (Wildman–Crippen MR) is 84.3 cm³/mol. The van der Waals surface area contributed by atoms with Gasteiger partial charge in [0, 0.05) is 0 Å². The van der Waals surface area contributed by atoms with E-state index in [1.165, 1.54) is 6.07 Å². The first-order valence-electron chi connectivity index (χ1n) is 5.98. The molecule has 1 rings (SSSR count). The van der Waals surface area contributed by atoms with E-state index in [9.17, 15) is 4.79 Å². The summed E-state index contributed by atoms with van der Waals surface area (Å²) < 4.78 is 0. The minimum atomic E-state index is -1.04. The van der Waals surface area contributed by atoms with Crippen molar-refractivity contribution in [3.8, 4) is 0 Å². The van der Waals surface area contributed by atoms with Gasteiger partial charge in [-0.15, -0.1) is 0 Å². The third-order valence-electron chi connectivity index (χ3n) is 3.40. The first kappa shape index (κ1) is 17.9. The zero-order chi connectivity index (χ0) is 15.6. The number of carbonyl (C=O) groups is 1. The van der Waals surface area contributed by atoms with Gasteiger partial charge in [-0.25, -0.2) is 0 Å². The topological polar surface area (TPSA) is 63.3 Å². The average molecular weight is 359 g/mol. The fraction of sp³-hybridized carbons (Fsp3) is 0.462. The van der Waals surface area contributed by atoms with Crippen LogP contribution in [-0.2, 0) is 4.79 Å². The molecule has 0 spiro atoms. The van der Waals surface area contributed by atoms with Gasteiger partial charge >= 0.3 is 5.97 Å². The van der Waals surface area contributed by atoms with Crippen molar-refractivity contribution in [3.05, 3.63) is 31.7 Å². The van der Waals surface area contributed by atoms with Crippen molar-refractivity contribution in [1.82, 2.24) is 0 Å². The second-order valence-electron chi connectivity index (χ2n) is 4.83. The molecule has 3 atom stereocenters. The summed E-state index contributed by atoms with van der Waals surface area (Å²) in [6, 6.07) is 0.553. The average Bonchev–Trinajstić information content (AvgIpc) is 2.36. The van der Waals surface area contributed by atoms with Gasteiger partial charge in [0.15, 0.2) is 0 Å². The molecule has 0 radical (unpaired) electrons. The summed E-state index contributed by atoms with van der Waals surface area (Å²) in [5.41, 5.74) is 6.17. The van der Waals surface area contributed by atoms with Gasteiger partial charge in [-0.05, 0) is 29.9 Å². The van der Waals surface area contributed by atoms with E-state index < -0.39 is 12.0 Å². The van der Waals surface area contributed by atoms with Crippen LogP contribution in [0.25, 0.3) is 0 Å². The van der Waals surface area contributed by atoms with Gasteiger partial charge in [-0.1, -0.05) is 60.3 Å². The molecule has 0 fully saturated rings. The minimum Gasteiger partial charge on any atom is -0.480 e. The van der Waals surface area contributed by atoms with Crippen molar-refractivity contribution < 1.29 is 9.90 Å². The Hall–Kier alpha value is -0.190. The molecule has 0 amide bonds. The Kier molecular flexibility index (Phi) is 6.42. The molecule has 3 unspecified atom stereocenters. The molecule has 1 aromatic rings. The Labute approximate surface area is 137 Å². The number of aliphatic carboxylic acids is 1. The normalized spacial score (nSPS) is 15.8. The zero-order valence-electron chi connectivity index (χ0n) is 11.0. The molecule has 0 saturated heterocycles. The van der Waals surface area contributed by atoms with E-state index in [4.69, 9.17) is 57.2 Å². The van der Waals surface area contributed by atoms with Crippen LogP contribution in [0, 0.1) is 5.92 Å². The highest BCUT2D eigenvalue weighted by Gasteiger charge is 2.26. The molecule has 0 heterocycles. The summed E-state index contributed by atoms with van der Waals surface area (Å²) in [7, 11) is 0. The van der Waals surface area contributed by atoms with Crippen LogP contribution < -0.4 is 5.73 Å². The molecule has 1 aromatic carbocycles. The maximum Gasteiger partial charge on any atom is 0.320 e. The third kappa shape index (κ3) is 3.92. The molecule has 0 aliphatic heterocycles. The van der Waals surface area contributed by atoms with Crippen molar-refractivity contribution in [2.75, 3.05) is 0 Å². The summed E-state index contributed by atoms with van der Waals surface area (Å²) in [6.45, 7) is 3.77. The number of halogens is 4. The van der Waals surface area contributed by atoms with Crippen molar-refractivity contribution in [2.45, 2.75) is 32.2 Å². The van der Waals surface area contributed by atoms with Crippen LogP contribution in [0.3, 0.4) is 0 Å². The van der Waals surface area contributed by atoms with E-state index in [1.807, 2.05) is 13.8 Å². The van der Waals surface area contributed by atoms with Crippen LogP contribution in [0.1, 0.15) is 31.7 Å². The SMILES string of the molecule is CC(CC(N)C(=O)O)C(C)c1c(Cl)c(Cl)cc(Cl)c1Cl. The molecule has 0 aliphatic rings. The zero-order valence-corrected chi connectivity index (χ0v) is 14.0. The number of benzene rings is 1. The highest BCUT2D eigenvalue weighted by Crippen LogP contribution is 2.43. The smallest absolute Gasteiger partial charge is 0.320 e. The largest absolute Gasteiger partial charge is 0.480 e. The Morgan fingerprint density at radius 1 is 1.20 bits per heavy atom. The number of rotatable bonds is 5. The van der Waals surface area contributed by atoms with Gasteiger partial charge < -0.3 is 10.8 Å². The van der Waals surface area contributed by atoms with E-state index in [0.29, 0.717) is 32.1 Å². The summed E-state index contributed by atoms with van der Waals surface area (Å²) in [4.78, 5) is 10.8. The quantitative estimate of drug-likeness (QED) is 0.740. The van der Waals surface area contributed by atoms with Gasteiger partial charge in [-0.2, -0.15) is 0 Å². The highest BCUT2D eigenvalue weighted by molar-refractivity contribution is 6.48. The maximum absolute atomic E-state index is 10.8. The van der Waals surface area contributed by atoms with Gasteiger partial charge in [0.1, 0.15) is 6.04 Å². The van der Waals surface area contributed by atoms with E-state index in [0.717, 1.165) is 0 Å². The predicted octanol–water partition coefficient (Wildman–Crippen LogP) is 4.84. The highest BCUT2D eigenvalue weighted by atomic mass is 35.5. The fourth-order valence-corrected chi connectivity index (χ4v) is 3.15. The summed E-state index contributed by atoms with van der Waals surface area (Å²) >= 11 is 24.4. The van der Waals surface area contributed by atoms with Crippen LogP contribution in [-0.4, -0.2) is 17.1 Å². The summed E-state index contributed by atoms with van der Waals surface area (Å²) in [5.74, 6) is -1.22. The fourth-order valence-electron chi connectivity index (χ4n) is 1.98. The molecule has 7 heteroatoms. The number of carboxylic acid groups (broad SMARTS) is 1. The lowest BCUT2D eigenvalue weighted by Crippen LogP contribution is -2.32. The van der Waals surface area contributed by atoms with Crippen LogP contribution >= 0.6 is 46.4 Å². The van der Waals surface area contributed by atoms with Gasteiger partial charge in [0.25, 0.3) is 0 Å². The molecule has 0 bridgehead atoms. The second kappa shape index (κ2) is 7.19. The van der Waals surface area contributed by atoms with Crippen LogP contribution in [0.5, 0.6) is 0 Å². The van der Waals surface area contributed by atoms with Gasteiger partial charge in [0.2, 0.25) is 0 Å². The number of carboxylic acids is 1. The first-order chi connectivity index (χ1) is 9.16. The van der Waals surface area contributed by atoms with Crippen LogP contribution in [0.4, 0.5) is 0 Å². The van der Waals surface area contributed by atoms with Crippen molar-refractivity contribution in [3.63, 3.8) is 0 Å². The maximum atomic E-state index is 10.8. The lowest BCUT2D eigenvalue weighted by Gasteiger charge is -2.24. The Morgan fingerprint density at radius 3 is 2.05 bits per heavy atom. The van der Waals surface area contributed by atoms with Crippen molar-refractivity contribution in [2.24, 2.45) is 11.7 Å². The van der Waals surface area contributed by atoms with Crippen LogP contribution in [0.15, 0.2) is 6.07 Å². The Bertz CT molecular complexity index is 495. The van der Waals surface area contributed by atoms with Crippen molar-refractivity contribution in [1.29, 1.82) is 0 Å². The number of hydrogen-bond donors (Lipinski definition) is 2. The second-order valence-corrected chi connectivity index (χ2v) is 6.40. The minimum absolute atomic E-state index is 0.0503. The molecule has 3 nitrogen and oxygen atoms in total. The molecule has 0 saturated carbocycles. The molecule has 112 valence electrons. The van der Waals surface area contributed by atoms with E-state index in [-0.39, 0.29) is 11.8 Å². The standard InChI is InChI=1S/C13H15Cl4NO2/c1-5(3-9(18)13(19)20)6(2)10-11(16)7(14)4-8(15)12(10)17/h4-6,9H,3,18H2,1-2H3,(H,19,20). The van der Waals surface area contributed by atoms with Crippen LogP contribution in [0.2, 0.25) is 20.1 Å². The number of nitrogens with two attached hydrogens (primary N) is 1. The molecule has 0 aliphatic carbocycles. The third-order valence-corrected chi connectivity index (χ3v) is 5.00. The van der Waals surface area contributed by atoms with E-state index in [1.54, 1.807) is 0 Å². The molecular formula is C13H15Cl4NO2. The molecular weight excluding hydrogens is 344 g/mol. The number of hydrogen-bond acceptors (Lipinski definition) is 2. The molecule has 3 N–H and O–H groups in total. The lowest BCUT2D eigenvalue weighted by molar-refractivity contribution is -0.138. The van der Waals surface area contributed by atoms with Gasteiger partial charge in [0.05, 0.1) is 20.1 Å². The summed E-state index contributed by atoms with van der Waals surface area (Å²) in [5, 5.41) is 10.2.